The van der Waals surface area contributed by atoms with Crippen LogP contribution in [0.3, 0.4) is 0 Å². The van der Waals surface area contributed by atoms with E-state index < -0.39 is 5.97 Å². The molecule has 4 nitrogen and oxygen atoms in total. The first kappa shape index (κ1) is 13.2. The average molecular weight is 286 g/mol. The van der Waals surface area contributed by atoms with Crippen LogP contribution in [0, 0.1) is 5.82 Å². The summed E-state index contributed by atoms with van der Waals surface area (Å²) in [5.74, 6) is -0.541. The summed E-state index contributed by atoms with van der Waals surface area (Å²) in [4.78, 5) is 11.1. The number of benzene rings is 2. The highest BCUT2D eigenvalue weighted by Crippen LogP contribution is 2.24. The summed E-state index contributed by atoms with van der Waals surface area (Å²) in [7, 11) is 0. The van der Waals surface area contributed by atoms with Gasteiger partial charge in [0.05, 0.1) is 5.56 Å². The molecule has 5 heteroatoms. The van der Waals surface area contributed by atoms with Gasteiger partial charge in [-0.1, -0.05) is 12.1 Å². The highest BCUT2D eigenvalue weighted by Gasteiger charge is 2.12. The normalized spacial score (nSPS) is 10.7. The van der Waals surface area contributed by atoms with Gasteiger partial charge in [-0.3, -0.25) is 0 Å². The Kier molecular flexibility index (Phi) is 3.31. The molecule has 0 atom stereocenters. The fourth-order valence-electron chi connectivity index (χ4n) is 2.08. The molecule has 1 N–H and O–H groups in total. The van der Waals surface area contributed by atoms with Gasteiger partial charge in [-0.15, -0.1) is 0 Å². The number of fused-ring (bicyclic) bond motifs is 1. The van der Waals surface area contributed by atoms with E-state index in [1.165, 1.54) is 18.2 Å². The molecule has 106 valence electrons. The molecule has 2 aromatic carbocycles. The van der Waals surface area contributed by atoms with Gasteiger partial charge in [-0.05, 0) is 30.3 Å². The number of carboxylic acid groups (broad SMARTS) is 1. The lowest BCUT2D eigenvalue weighted by Crippen LogP contribution is -1.96. The van der Waals surface area contributed by atoms with Crippen molar-refractivity contribution in [1.29, 1.82) is 0 Å². The Hall–Kier alpha value is -2.82. The highest BCUT2D eigenvalue weighted by atomic mass is 19.1. The van der Waals surface area contributed by atoms with E-state index in [2.05, 4.69) is 0 Å². The van der Waals surface area contributed by atoms with Crippen LogP contribution < -0.4 is 4.74 Å². The lowest BCUT2D eigenvalue weighted by atomic mass is 10.1. The van der Waals surface area contributed by atoms with Gasteiger partial charge in [0.1, 0.15) is 29.5 Å². The largest absolute Gasteiger partial charge is 0.486 e. The molecule has 0 unspecified atom stereocenters. The fourth-order valence-corrected chi connectivity index (χ4v) is 2.08. The van der Waals surface area contributed by atoms with Crippen molar-refractivity contribution in [2.75, 3.05) is 0 Å². The van der Waals surface area contributed by atoms with E-state index in [4.69, 9.17) is 14.3 Å². The summed E-state index contributed by atoms with van der Waals surface area (Å²) in [6.45, 7) is 0.0944. The van der Waals surface area contributed by atoms with Crippen LogP contribution >= 0.6 is 0 Å². The predicted octanol–water partition coefficient (Wildman–Crippen LogP) is 3.85. The highest BCUT2D eigenvalue weighted by molar-refractivity contribution is 6.02. The minimum atomic E-state index is -1.01. The fraction of sp³-hybridized carbons (Fsp3) is 0.0625. The van der Waals surface area contributed by atoms with E-state index >= 15 is 0 Å². The maximum atomic E-state index is 13.0. The molecule has 0 amide bonds. The molecule has 0 bridgehead atoms. The molecule has 0 aliphatic rings. The minimum Gasteiger partial charge on any atom is -0.486 e. The molecule has 3 rings (SSSR count). The zero-order chi connectivity index (χ0) is 14.8. The summed E-state index contributed by atoms with van der Waals surface area (Å²) >= 11 is 0. The summed E-state index contributed by atoms with van der Waals surface area (Å²) < 4.78 is 24.0. The second-order valence-electron chi connectivity index (χ2n) is 4.48. The quantitative estimate of drug-likeness (QED) is 0.791. The van der Waals surface area contributed by atoms with Crippen LogP contribution in [-0.4, -0.2) is 11.1 Å². The van der Waals surface area contributed by atoms with Crippen molar-refractivity contribution >= 4 is 16.9 Å². The van der Waals surface area contributed by atoms with Crippen LogP contribution in [0.2, 0.25) is 0 Å². The van der Waals surface area contributed by atoms with Gasteiger partial charge < -0.3 is 14.3 Å². The topological polar surface area (TPSA) is 59.7 Å². The molecule has 0 fully saturated rings. The molecule has 0 saturated carbocycles. The average Bonchev–Trinajstić information content (AvgIpc) is 2.87. The first-order chi connectivity index (χ1) is 10.1. The minimum absolute atomic E-state index is 0.0944. The Labute approximate surface area is 119 Å². The predicted molar refractivity (Wildman–Crippen MR) is 73.9 cm³/mol. The summed E-state index contributed by atoms with van der Waals surface area (Å²) in [5, 5.41) is 9.63. The smallest absolute Gasteiger partial charge is 0.336 e. The molecule has 3 aromatic rings. The van der Waals surface area contributed by atoms with Crippen molar-refractivity contribution in [1.82, 2.24) is 0 Å². The van der Waals surface area contributed by atoms with Gasteiger partial charge in [0.2, 0.25) is 0 Å². The molecule has 1 aromatic heterocycles. The van der Waals surface area contributed by atoms with Gasteiger partial charge in [0, 0.05) is 11.5 Å². The van der Waals surface area contributed by atoms with Crippen molar-refractivity contribution < 1.29 is 23.4 Å². The van der Waals surface area contributed by atoms with Crippen molar-refractivity contribution in [2.24, 2.45) is 0 Å². The number of furan rings is 1. The van der Waals surface area contributed by atoms with Crippen molar-refractivity contribution in [2.45, 2.75) is 6.61 Å². The second kappa shape index (κ2) is 5.28. The number of ether oxygens (including phenoxy) is 1. The van der Waals surface area contributed by atoms with E-state index in [9.17, 15) is 9.18 Å². The lowest BCUT2D eigenvalue weighted by Gasteiger charge is -2.03. The van der Waals surface area contributed by atoms with Gasteiger partial charge in [-0.25, -0.2) is 9.18 Å². The Morgan fingerprint density at radius 1 is 1.19 bits per heavy atom. The Morgan fingerprint density at radius 2 is 2.00 bits per heavy atom. The molecular formula is C16H11FO4. The number of rotatable bonds is 4. The molecule has 0 radical (unpaired) electrons. The number of aromatic carboxylic acids is 1. The van der Waals surface area contributed by atoms with Crippen LogP contribution in [0.15, 0.2) is 52.9 Å². The van der Waals surface area contributed by atoms with Gasteiger partial charge >= 0.3 is 5.97 Å². The summed E-state index contributed by atoms with van der Waals surface area (Å²) in [5.41, 5.74) is 0.654. The Morgan fingerprint density at radius 3 is 2.76 bits per heavy atom. The van der Waals surface area contributed by atoms with E-state index in [0.717, 1.165) is 0 Å². The molecule has 0 aliphatic heterocycles. The van der Waals surface area contributed by atoms with Crippen molar-refractivity contribution in [3.05, 3.63) is 65.7 Å². The number of hydrogen-bond acceptors (Lipinski definition) is 3. The zero-order valence-corrected chi connectivity index (χ0v) is 10.9. The second-order valence-corrected chi connectivity index (χ2v) is 4.48. The molecule has 1 heterocycles. The van der Waals surface area contributed by atoms with Crippen LogP contribution in [0.1, 0.15) is 16.1 Å². The van der Waals surface area contributed by atoms with Crippen LogP contribution in [0.5, 0.6) is 5.75 Å². The molecule has 0 spiro atoms. The maximum absolute atomic E-state index is 13.0. The number of carboxylic acids is 1. The van der Waals surface area contributed by atoms with Gasteiger partial charge in [-0.2, -0.15) is 0 Å². The molecule has 21 heavy (non-hydrogen) atoms. The first-order valence-corrected chi connectivity index (χ1v) is 6.26. The third kappa shape index (κ3) is 2.72. The third-order valence-electron chi connectivity index (χ3n) is 3.02. The lowest BCUT2D eigenvalue weighted by molar-refractivity contribution is 0.0699. The molecule has 0 saturated heterocycles. The van der Waals surface area contributed by atoms with Gasteiger partial charge in [0.15, 0.2) is 0 Å². The van der Waals surface area contributed by atoms with Crippen LogP contribution in [-0.2, 0) is 6.61 Å². The maximum Gasteiger partial charge on any atom is 0.336 e. The summed E-state index contributed by atoms with van der Waals surface area (Å²) in [6, 6.07) is 12.2. The van der Waals surface area contributed by atoms with E-state index in [1.807, 2.05) is 0 Å². The van der Waals surface area contributed by atoms with E-state index in [1.54, 1.807) is 30.3 Å². The number of halogens is 1. The zero-order valence-electron chi connectivity index (χ0n) is 10.9. The third-order valence-corrected chi connectivity index (χ3v) is 3.02. The monoisotopic (exact) mass is 286 g/mol. The first-order valence-electron chi connectivity index (χ1n) is 6.26. The number of hydrogen-bond donors (Lipinski definition) is 1. The van der Waals surface area contributed by atoms with Crippen molar-refractivity contribution in [3.8, 4) is 5.75 Å². The Bertz CT molecular complexity index is 807. The Balaban J connectivity index is 1.85. The van der Waals surface area contributed by atoms with Gasteiger partial charge in [0.25, 0.3) is 0 Å². The molecular weight excluding hydrogens is 275 g/mol. The van der Waals surface area contributed by atoms with E-state index in [0.29, 0.717) is 22.5 Å². The van der Waals surface area contributed by atoms with E-state index in [-0.39, 0.29) is 18.0 Å². The van der Waals surface area contributed by atoms with Crippen LogP contribution in [0.4, 0.5) is 4.39 Å². The van der Waals surface area contributed by atoms with Crippen molar-refractivity contribution in [3.63, 3.8) is 0 Å². The number of carbonyl (C=O) groups is 1. The summed E-state index contributed by atoms with van der Waals surface area (Å²) in [6.07, 6.45) is 0. The SMILES string of the molecule is O=C(O)c1cccc2oc(COc3cccc(F)c3)cc12. The van der Waals surface area contributed by atoms with Crippen LogP contribution in [0.25, 0.3) is 11.0 Å². The molecule has 0 aliphatic carbocycles. The standard InChI is InChI=1S/C16H11FO4/c17-10-3-1-4-11(7-10)20-9-12-8-14-13(16(18)19)5-2-6-15(14)21-12/h1-8H,9H2,(H,18,19).